The van der Waals surface area contributed by atoms with Gasteiger partial charge in [0.05, 0.1) is 39.6 Å². The van der Waals surface area contributed by atoms with Crippen molar-refractivity contribution in [3.63, 3.8) is 0 Å². The van der Waals surface area contributed by atoms with Crippen LogP contribution < -0.4 is 0 Å². The Morgan fingerprint density at radius 1 is 0.621 bits per heavy atom. The number of carbonyl (C=O) groups excluding carboxylic acids is 4. The van der Waals surface area contributed by atoms with Crippen molar-refractivity contribution >= 4 is 23.5 Å². The minimum absolute atomic E-state index is 0.0913. The number of Topliss-reactive ketones (excluding diaryl/α,β-unsaturated/α-hetero) is 2. The summed E-state index contributed by atoms with van der Waals surface area (Å²) in [4.78, 5) is 47.8. The first-order chi connectivity index (χ1) is 31.4. The van der Waals surface area contributed by atoms with Crippen LogP contribution in [-0.4, -0.2) is 94.4 Å². The number of aliphatic hydroxyl groups is 2. The third-order valence-corrected chi connectivity index (χ3v) is 21.3. The molecule has 66 heavy (non-hydrogen) atoms. The normalized spacial score (nSPS) is 43.1. The third kappa shape index (κ3) is 10.6. The van der Waals surface area contributed by atoms with Crippen LogP contribution >= 0.6 is 0 Å². The molecule has 8 saturated carbocycles. The molecule has 8 aliphatic rings. The van der Waals surface area contributed by atoms with E-state index in [1.165, 1.54) is 65.6 Å². The highest BCUT2D eigenvalue weighted by atomic mass is 16.7. The second kappa shape index (κ2) is 22.4. The molecular weight excluding hydrogens is 837 g/mol. The minimum Gasteiger partial charge on any atom is -0.469 e. The number of aliphatic hydroxyl groups excluding tert-OH is 2. The third-order valence-electron chi connectivity index (χ3n) is 21.3. The van der Waals surface area contributed by atoms with Crippen molar-refractivity contribution in [1.82, 2.24) is 0 Å². The topological polar surface area (TPSA) is 155 Å². The Balaban J connectivity index is 0.000000199. The largest absolute Gasteiger partial charge is 0.469 e. The smallest absolute Gasteiger partial charge is 0.305 e. The molecular formula is C55H92O11. The molecule has 0 aromatic carbocycles. The summed E-state index contributed by atoms with van der Waals surface area (Å²) in [5.41, 5.74) is 1.07. The van der Waals surface area contributed by atoms with Gasteiger partial charge < -0.3 is 33.9 Å². The molecule has 11 heteroatoms. The van der Waals surface area contributed by atoms with Crippen LogP contribution in [0.1, 0.15) is 170 Å². The van der Waals surface area contributed by atoms with E-state index in [1.54, 1.807) is 14.2 Å². The van der Waals surface area contributed by atoms with Gasteiger partial charge in [-0.25, -0.2) is 0 Å². The first-order valence-corrected chi connectivity index (χ1v) is 26.4. The molecule has 0 heterocycles. The average molecular weight is 929 g/mol. The van der Waals surface area contributed by atoms with Crippen molar-refractivity contribution in [2.24, 2.45) is 92.7 Å². The van der Waals surface area contributed by atoms with Gasteiger partial charge in [-0.2, -0.15) is 0 Å². The van der Waals surface area contributed by atoms with Crippen LogP contribution in [0.15, 0.2) is 0 Å². The van der Waals surface area contributed by atoms with Gasteiger partial charge in [0, 0.05) is 52.7 Å². The van der Waals surface area contributed by atoms with Crippen molar-refractivity contribution in [3.05, 3.63) is 0 Å². The molecule has 2 N–H and O–H groups in total. The second-order valence-electron chi connectivity index (χ2n) is 24.0. The quantitative estimate of drug-likeness (QED) is 0.134. The van der Waals surface area contributed by atoms with E-state index < -0.39 is 0 Å². The van der Waals surface area contributed by atoms with Gasteiger partial charge in [-0.15, -0.1) is 0 Å². The molecule has 0 saturated heterocycles. The number of hydrogen-bond donors (Lipinski definition) is 2. The lowest BCUT2D eigenvalue weighted by atomic mass is 9.43. The zero-order valence-corrected chi connectivity index (χ0v) is 42.9. The molecule has 0 unspecified atom stereocenters. The van der Waals surface area contributed by atoms with Gasteiger partial charge in [-0.05, 0) is 183 Å². The Labute approximate surface area is 398 Å². The Morgan fingerprint density at radius 2 is 1.08 bits per heavy atom. The fraction of sp³-hybridized carbons (Fsp3) is 0.927. The number of carbonyl (C=O) groups is 4. The highest BCUT2D eigenvalue weighted by molar-refractivity contribution is 5.80. The first-order valence-electron chi connectivity index (χ1n) is 26.4. The van der Waals surface area contributed by atoms with E-state index >= 15 is 0 Å². The highest BCUT2D eigenvalue weighted by Crippen LogP contribution is 2.70. The summed E-state index contributed by atoms with van der Waals surface area (Å²) < 4.78 is 25.9. The van der Waals surface area contributed by atoms with Crippen molar-refractivity contribution in [2.75, 3.05) is 48.4 Å². The maximum atomic E-state index is 12.3. The standard InChI is InChI=1S/C27H44O5.C25H40O4.C3H8O2/c1-17(6-9-24(29)31-5)20-7-8-21-25-22(11-13-27(20,21)3)26(2)12-10-19(28)14-18(26)15-23(25)32-16-30-4;1-15(5-8-22(28)29-4)18-6-7-19-23-20(10-12-25(18,19)3)24(2)11-9-17(26)13-16(24)14-21(23)27;1-5-3-2-4/h17-18,20-23,25H,6-16H2,1-5H3;15-16,18-21,23,27H,5-14H2,1-4H3;4H,2-3H2,1H3/t17-,18+,20-,21+,22+,23-,25+,26+,27-;15-,16+,18-,19+,20+,21-,23+,24+,25-;/m11./s1. The molecule has 0 amide bonds. The number of esters is 2. The van der Waals surface area contributed by atoms with Crippen LogP contribution in [0, 0.1) is 92.7 Å². The lowest BCUT2D eigenvalue weighted by molar-refractivity contribution is -0.201. The van der Waals surface area contributed by atoms with Crippen LogP contribution in [0.2, 0.25) is 0 Å². The molecule has 8 aliphatic carbocycles. The fourth-order valence-electron chi connectivity index (χ4n) is 17.7. The number of rotatable bonds is 13. The summed E-state index contributed by atoms with van der Waals surface area (Å²) >= 11 is 0. The molecule has 0 spiro atoms. The zero-order valence-electron chi connectivity index (χ0n) is 42.9. The van der Waals surface area contributed by atoms with Crippen LogP contribution in [0.5, 0.6) is 0 Å². The molecule has 8 fully saturated rings. The maximum absolute atomic E-state index is 12.3. The Bertz CT molecular complexity index is 1650. The Morgan fingerprint density at radius 3 is 1.52 bits per heavy atom. The molecule has 18 atom stereocenters. The molecule has 0 aromatic rings. The fourth-order valence-corrected chi connectivity index (χ4v) is 17.7. The molecule has 11 nitrogen and oxygen atoms in total. The van der Waals surface area contributed by atoms with Crippen molar-refractivity contribution in [1.29, 1.82) is 0 Å². The predicted molar refractivity (Wildman–Crippen MR) is 254 cm³/mol. The van der Waals surface area contributed by atoms with E-state index in [0.29, 0.717) is 121 Å². The molecule has 0 bridgehead atoms. The first kappa shape index (κ1) is 53.4. The van der Waals surface area contributed by atoms with Gasteiger partial charge in [0.15, 0.2) is 0 Å². The predicted octanol–water partition coefficient (Wildman–Crippen LogP) is 9.80. The second-order valence-corrected chi connectivity index (χ2v) is 24.0. The average Bonchev–Trinajstić information content (AvgIpc) is 3.84. The van der Waals surface area contributed by atoms with Crippen LogP contribution in [0.3, 0.4) is 0 Å². The Hall–Kier alpha value is -1.92. The van der Waals surface area contributed by atoms with Crippen LogP contribution in [-0.2, 0) is 42.9 Å². The van der Waals surface area contributed by atoms with E-state index in [1.807, 2.05) is 0 Å². The van der Waals surface area contributed by atoms with Gasteiger partial charge in [0.1, 0.15) is 18.4 Å². The van der Waals surface area contributed by atoms with E-state index in [2.05, 4.69) is 46.3 Å². The van der Waals surface area contributed by atoms with E-state index in [4.69, 9.17) is 24.1 Å². The summed E-state index contributed by atoms with van der Waals surface area (Å²) in [6.07, 6.45) is 19.5. The van der Waals surface area contributed by atoms with Gasteiger partial charge in [-0.3, -0.25) is 19.2 Å². The van der Waals surface area contributed by atoms with Gasteiger partial charge >= 0.3 is 11.9 Å². The van der Waals surface area contributed by atoms with E-state index in [-0.39, 0.29) is 47.0 Å². The molecule has 378 valence electrons. The lowest BCUT2D eigenvalue weighted by Crippen LogP contribution is -2.59. The summed E-state index contributed by atoms with van der Waals surface area (Å²) in [6, 6.07) is 0. The molecule has 8 rings (SSSR count). The molecule has 0 aliphatic heterocycles. The van der Waals surface area contributed by atoms with Gasteiger partial charge in [0.2, 0.25) is 0 Å². The van der Waals surface area contributed by atoms with Crippen molar-refractivity contribution < 1.29 is 53.1 Å². The number of fused-ring (bicyclic) bond motifs is 10. The molecule has 0 aromatic heterocycles. The minimum atomic E-state index is -0.252. The number of ketones is 2. The zero-order chi connectivity index (χ0) is 48.2. The van der Waals surface area contributed by atoms with Gasteiger partial charge in [-0.1, -0.05) is 41.5 Å². The van der Waals surface area contributed by atoms with Crippen LogP contribution in [0.25, 0.3) is 0 Å². The summed E-state index contributed by atoms with van der Waals surface area (Å²) in [5.74, 6) is 7.17. The van der Waals surface area contributed by atoms with E-state index in [9.17, 15) is 24.3 Å². The summed E-state index contributed by atoms with van der Waals surface area (Å²) in [6.45, 7) is 15.5. The van der Waals surface area contributed by atoms with E-state index in [0.717, 1.165) is 57.8 Å². The monoisotopic (exact) mass is 929 g/mol. The highest BCUT2D eigenvalue weighted by Gasteiger charge is 2.65. The Kier molecular flexibility index (Phi) is 18.2. The van der Waals surface area contributed by atoms with Crippen molar-refractivity contribution in [3.8, 4) is 0 Å². The summed E-state index contributed by atoms with van der Waals surface area (Å²) in [5, 5.41) is 19.2. The van der Waals surface area contributed by atoms with Gasteiger partial charge in [0.25, 0.3) is 0 Å². The lowest BCUT2D eigenvalue weighted by Gasteiger charge is -2.62. The van der Waals surface area contributed by atoms with Crippen molar-refractivity contribution in [2.45, 2.75) is 182 Å². The van der Waals surface area contributed by atoms with Crippen LogP contribution in [0.4, 0.5) is 0 Å². The maximum Gasteiger partial charge on any atom is 0.305 e. The number of hydrogen-bond acceptors (Lipinski definition) is 11. The number of methoxy groups -OCH3 is 4. The molecule has 0 radical (unpaired) electrons. The SMILES string of the molecule is COC(=O)CC[C@@H](C)[C@H]1CC[C@H]2[C@@H]3[C@H](O)C[C@@H]4CC(=O)CC[C@]4(C)[C@H]3CC[C@]12C.COCCO.COCO[C@@H]1C[C@@H]2CC(=O)CC[C@]2(C)[C@H]2CC[C@]3(C)[C@@H]([C@H](C)CCC(=O)OC)CC[C@H]3[C@H]12. The number of ether oxygens (including phenoxy) is 5. The summed E-state index contributed by atoms with van der Waals surface area (Å²) in [7, 11) is 6.21.